The third-order valence-corrected chi connectivity index (χ3v) is 4.62. The number of anilines is 1. The van der Waals surface area contributed by atoms with Crippen molar-refractivity contribution in [2.75, 3.05) is 58.3 Å². The predicted octanol–water partition coefficient (Wildman–Crippen LogP) is 2.57. The van der Waals surface area contributed by atoms with Crippen LogP contribution in [0.3, 0.4) is 0 Å². The second-order valence-corrected chi connectivity index (χ2v) is 7.02. The van der Waals surface area contributed by atoms with Crippen LogP contribution < -0.4 is 10.2 Å². The molecule has 1 fully saturated rings. The van der Waals surface area contributed by atoms with E-state index in [1.807, 2.05) is 0 Å². The fourth-order valence-corrected chi connectivity index (χ4v) is 2.93. The lowest BCUT2D eigenvalue weighted by Gasteiger charge is -2.38. The summed E-state index contributed by atoms with van der Waals surface area (Å²) in [7, 11) is 3.53. The molecule has 7 heteroatoms. The van der Waals surface area contributed by atoms with Crippen molar-refractivity contribution < 1.29 is 4.79 Å². The van der Waals surface area contributed by atoms with E-state index in [0.717, 1.165) is 51.5 Å². The Bertz CT molecular complexity index is 612. The number of aryl methyl sites for hydroxylation is 1. The fourth-order valence-electron chi connectivity index (χ4n) is 2.93. The van der Waals surface area contributed by atoms with E-state index in [0.29, 0.717) is 0 Å². The van der Waals surface area contributed by atoms with E-state index in [1.165, 1.54) is 11.3 Å². The number of benzene rings is 1. The van der Waals surface area contributed by atoms with Gasteiger partial charge in [-0.1, -0.05) is 25.5 Å². The number of aliphatic imine (C=N–C) groups is 1. The Kier molecular flexibility index (Phi) is 10.5. The molecule has 0 spiro atoms. The Labute approximate surface area is 181 Å². The molecule has 1 aromatic carbocycles. The van der Waals surface area contributed by atoms with Crippen molar-refractivity contribution in [2.45, 2.75) is 26.7 Å². The number of hydrogen-bond donors (Lipinski definition) is 1. The zero-order valence-electron chi connectivity index (χ0n) is 17.1. The highest BCUT2D eigenvalue weighted by Gasteiger charge is 2.20. The van der Waals surface area contributed by atoms with Gasteiger partial charge in [0.25, 0.3) is 0 Å². The number of carbonyl (C=O) groups excluding carboxylic acids is 1. The number of nitrogens with one attached hydrogen (secondary N) is 1. The van der Waals surface area contributed by atoms with Gasteiger partial charge in [0.2, 0.25) is 5.91 Å². The lowest BCUT2D eigenvalue weighted by atomic mass is 10.2. The minimum Gasteiger partial charge on any atom is -0.368 e. The summed E-state index contributed by atoms with van der Waals surface area (Å²) in [6.07, 6.45) is 2.24. The molecule has 0 atom stereocenters. The monoisotopic (exact) mass is 487 g/mol. The van der Waals surface area contributed by atoms with E-state index in [9.17, 15) is 4.79 Å². The normalized spacial score (nSPS) is 14.6. The molecule has 0 aliphatic carbocycles. The smallest absolute Gasteiger partial charge is 0.243 e. The molecule has 0 aromatic heterocycles. The molecule has 27 heavy (non-hydrogen) atoms. The molecule has 1 aromatic rings. The first kappa shape index (κ1) is 23.5. The second kappa shape index (κ2) is 12.0. The Morgan fingerprint density at radius 2 is 1.93 bits per heavy atom. The van der Waals surface area contributed by atoms with Gasteiger partial charge in [-0.25, -0.2) is 4.99 Å². The quantitative estimate of drug-likeness (QED) is 0.290. The number of guanidine groups is 1. The SMILES string of the molecule is CCCCNC(=NCC(=O)N(C)C)N1CCN(c2cccc(C)c2)CC1.I. The third kappa shape index (κ3) is 7.56. The van der Waals surface area contributed by atoms with Gasteiger partial charge >= 0.3 is 0 Å². The zero-order valence-corrected chi connectivity index (χ0v) is 19.4. The van der Waals surface area contributed by atoms with Crippen LogP contribution in [0.5, 0.6) is 0 Å². The minimum atomic E-state index is 0. The maximum absolute atomic E-state index is 11.9. The maximum atomic E-state index is 11.9. The molecule has 0 saturated carbocycles. The highest BCUT2D eigenvalue weighted by atomic mass is 127. The first-order chi connectivity index (χ1) is 12.5. The summed E-state index contributed by atoms with van der Waals surface area (Å²) in [5.41, 5.74) is 2.57. The number of rotatable bonds is 6. The van der Waals surface area contributed by atoms with E-state index in [-0.39, 0.29) is 36.4 Å². The maximum Gasteiger partial charge on any atom is 0.243 e. The Hall–Kier alpha value is -1.51. The highest BCUT2D eigenvalue weighted by molar-refractivity contribution is 14.0. The van der Waals surface area contributed by atoms with Gasteiger partial charge < -0.3 is 20.0 Å². The molecule has 1 N–H and O–H groups in total. The van der Waals surface area contributed by atoms with Crippen molar-refractivity contribution in [3.8, 4) is 0 Å². The highest BCUT2D eigenvalue weighted by Crippen LogP contribution is 2.17. The van der Waals surface area contributed by atoms with Crippen molar-refractivity contribution in [3.05, 3.63) is 29.8 Å². The predicted molar refractivity (Wildman–Crippen MR) is 124 cm³/mol. The van der Waals surface area contributed by atoms with Gasteiger partial charge in [0.15, 0.2) is 5.96 Å². The molecule has 1 saturated heterocycles. The molecule has 0 unspecified atom stereocenters. The molecular formula is C20H34IN5O. The van der Waals surface area contributed by atoms with Crippen LogP contribution in [0.25, 0.3) is 0 Å². The first-order valence-corrected chi connectivity index (χ1v) is 9.56. The van der Waals surface area contributed by atoms with E-state index in [1.54, 1.807) is 19.0 Å². The third-order valence-electron chi connectivity index (χ3n) is 4.62. The molecule has 1 amide bonds. The first-order valence-electron chi connectivity index (χ1n) is 9.56. The molecule has 2 rings (SSSR count). The number of halogens is 1. The average molecular weight is 487 g/mol. The van der Waals surface area contributed by atoms with E-state index in [2.05, 4.69) is 58.2 Å². The molecule has 0 radical (unpaired) electrons. The summed E-state index contributed by atoms with van der Waals surface area (Å²) in [6, 6.07) is 8.65. The summed E-state index contributed by atoms with van der Waals surface area (Å²) >= 11 is 0. The number of piperazine rings is 1. The molecule has 152 valence electrons. The lowest BCUT2D eigenvalue weighted by Crippen LogP contribution is -2.53. The van der Waals surface area contributed by atoms with Crippen LogP contribution >= 0.6 is 24.0 Å². The Balaban J connectivity index is 0.00000364. The topological polar surface area (TPSA) is 51.2 Å². The van der Waals surface area contributed by atoms with Crippen LogP contribution in [0, 0.1) is 6.92 Å². The van der Waals surface area contributed by atoms with Crippen molar-refractivity contribution in [1.29, 1.82) is 0 Å². The molecule has 1 heterocycles. The standard InChI is InChI=1S/C20H33N5O.HI/c1-5-6-10-21-20(22-16-19(26)23(3)4)25-13-11-24(12-14-25)18-9-7-8-17(2)15-18;/h7-9,15H,5-6,10-14,16H2,1-4H3,(H,21,22);1H. The Morgan fingerprint density at radius 3 is 2.52 bits per heavy atom. The summed E-state index contributed by atoms with van der Waals surface area (Å²) in [5.74, 6) is 0.885. The molecule has 1 aliphatic rings. The van der Waals surface area contributed by atoms with Gasteiger partial charge in [0, 0.05) is 52.5 Å². The molecule has 1 aliphatic heterocycles. The summed E-state index contributed by atoms with van der Waals surface area (Å²) < 4.78 is 0. The van der Waals surface area contributed by atoms with Crippen LogP contribution in [0.2, 0.25) is 0 Å². The minimum absolute atomic E-state index is 0. The number of nitrogens with zero attached hydrogens (tertiary/aromatic N) is 4. The summed E-state index contributed by atoms with van der Waals surface area (Å²) in [5, 5.41) is 3.44. The number of carbonyl (C=O) groups is 1. The van der Waals surface area contributed by atoms with Gasteiger partial charge in [-0.2, -0.15) is 0 Å². The van der Waals surface area contributed by atoms with Crippen LogP contribution in [-0.4, -0.2) is 75.0 Å². The molecule has 0 bridgehead atoms. The van der Waals surface area contributed by atoms with Gasteiger partial charge in [0.1, 0.15) is 6.54 Å². The van der Waals surface area contributed by atoms with Gasteiger partial charge in [0.05, 0.1) is 0 Å². The second-order valence-electron chi connectivity index (χ2n) is 7.02. The molecular weight excluding hydrogens is 453 g/mol. The van der Waals surface area contributed by atoms with Crippen molar-refractivity contribution in [1.82, 2.24) is 15.1 Å². The van der Waals surface area contributed by atoms with Gasteiger partial charge in [-0.15, -0.1) is 24.0 Å². The summed E-state index contributed by atoms with van der Waals surface area (Å²) in [4.78, 5) is 22.7. The largest absolute Gasteiger partial charge is 0.368 e. The van der Waals surface area contributed by atoms with Crippen LogP contribution in [0.4, 0.5) is 5.69 Å². The summed E-state index contributed by atoms with van der Waals surface area (Å²) in [6.45, 7) is 9.12. The van der Waals surface area contributed by atoms with E-state index in [4.69, 9.17) is 0 Å². The van der Waals surface area contributed by atoms with Gasteiger partial charge in [-0.05, 0) is 31.0 Å². The van der Waals surface area contributed by atoms with Crippen LogP contribution in [-0.2, 0) is 4.79 Å². The number of hydrogen-bond acceptors (Lipinski definition) is 3. The average Bonchev–Trinajstić information content (AvgIpc) is 2.64. The fraction of sp³-hybridized carbons (Fsp3) is 0.600. The van der Waals surface area contributed by atoms with Crippen molar-refractivity contribution in [2.24, 2.45) is 4.99 Å². The van der Waals surface area contributed by atoms with Crippen molar-refractivity contribution in [3.63, 3.8) is 0 Å². The number of likely N-dealkylation sites (N-methyl/N-ethyl adjacent to an activating group) is 1. The number of amides is 1. The van der Waals surface area contributed by atoms with Crippen LogP contribution in [0.15, 0.2) is 29.3 Å². The lowest BCUT2D eigenvalue weighted by molar-refractivity contribution is -0.127. The van der Waals surface area contributed by atoms with E-state index < -0.39 is 0 Å². The zero-order chi connectivity index (χ0) is 18.9. The molecule has 6 nitrogen and oxygen atoms in total. The van der Waals surface area contributed by atoms with Crippen molar-refractivity contribution >= 4 is 41.5 Å². The Morgan fingerprint density at radius 1 is 1.22 bits per heavy atom. The van der Waals surface area contributed by atoms with E-state index >= 15 is 0 Å². The van der Waals surface area contributed by atoms with Crippen LogP contribution in [0.1, 0.15) is 25.3 Å². The van der Waals surface area contributed by atoms with Gasteiger partial charge in [-0.3, -0.25) is 4.79 Å². The number of unbranched alkanes of at least 4 members (excludes halogenated alkanes) is 1.